The van der Waals surface area contributed by atoms with Crippen LogP contribution < -0.4 is 10.9 Å². The molecule has 0 unspecified atom stereocenters. The third-order valence-corrected chi connectivity index (χ3v) is 5.88. The SMILES string of the molecule is O=c1c2ccccc2c2nc3c(c(-c4ccccc4[N+](=O)[O-])c12)c(=O)c1ccccc13. The second-order valence-corrected chi connectivity index (χ2v) is 7.46. The number of pyridine rings is 1. The molecule has 6 heteroatoms. The maximum atomic E-state index is 13.4. The molecule has 146 valence electrons. The fraction of sp³-hybridized carbons (Fsp3) is 0. The van der Waals surface area contributed by atoms with E-state index in [1.54, 1.807) is 42.5 Å². The van der Waals surface area contributed by atoms with Crippen LogP contribution in [0.25, 0.3) is 54.5 Å². The summed E-state index contributed by atoms with van der Waals surface area (Å²) in [6.45, 7) is 0. The van der Waals surface area contributed by atoms with Gasteiger partial charge in [-0.1, -0.05) is 60.7 Å². The summed E-state index contributed by atoms with van der Waals surface area (Å²) in [7, 11) is 0. The lowest BCUT2D eigenvalue weighted by molar-refractivity contribution is -0.384. The smallest absolute Gasteiger partial charge is 0.277 e. The fourth-order valence-corrected chi connectivity index (χ4v) is 4.58. The summed E-state index contributed by atoms with van der Waals surface area (Å²) in [4.78, 5) is 42.9. The van der Waals surface area contributed by atoms with Crippen LogP contribution in [0, 0.1) is 10.1 Å². The maximum Gasteiger partial charge on any atom is 0.277 e. The number of fused-ring (bicyclic) bond motifs is 6. The van der Waals surface area contributed by atoms with Crippen LogP contribution in [0.15, 0.2) is 82.4 Å². The van der Waals surface area contributed by atoms with Crippen LogP contribution in [0.3, 0.4) is 0 Å². The highest BCUT2D eigenvalue weighted by molar-refractivity contribution is 6.25. The maximum absolute atomic E-state index is 13.4. The molecular formula is C25H12N2O4. The van der Waals surface area contributed by atoms with E-state index in [1.165, 1.54) is 6.07 Å². The Labute approximate surface area is 173 Å². The minimum Gasteiger partial charge on any atom is -0.288 e. The van der Waals surface area contributed by atoms with Gasteiger partial charge in [0.05, 0.1) is 32.3 Å². The van der Waals surface area contributed by atoms with Crippen LogP contribution in [0.2, 0.25) is 0 Å². The molecule has 0 saturated heterocycles. The van der Waals surface area contributed by atoms with Gasteiger partial charge in [0, 0.05) is 33.2 Å². The van der Waals surface area contributed by atoms with Crippen molar-refractivity contribution in [3.8, 4) is 11.1 Å². The van der Waals surface area contributed by atoms with Gasteiger partial charge in [0.25, 0.3) is 5.69 Å². The molecule has 0 fully saturated rings. The number of nitrogens with zero attached hydrogens (tertiary/aromatic N) is 2. The molecule has 0 atom stereocenters. The van der Waals surface area contributed by atoms with Gasteiger partial charge in [0.15, 0.2) is 10.9 Å². The van der Waals surface area contributed by atoms with Crippen molar-refractivity contribution in [3.63, 3.8) is 0 Å². The largest absolute Gasteiger partial charge is 0.288 e. The topological polar surface area (TPSA) is 90.2 Å². The summed E-state index contributed by atoms with van der Waals surface area (Å²) in [6.07, 6.45) is 0. The standard InChI is InChI=1S/C25H12N2O4/c28-24-15-9-3-1-7-13(15)22-20(24)19(17-11-5-6-12-18(17)27(30)31)21-23(26-22)14-8-2-4-10-16(14)25(21)29/h1-12H. The van der Waals surface area contributed by atoms with Gasteiger partial charge < -0.3 is 0 Å². The first-order valence-electron chi connectivity index (χ1n) is 9.68. The molecule has 5 aromatic carbocycles. The summed E-state index contributed by atoms with van der Waals surface area (Å²) < 4.78 is 0. The minimum absolute atomic E-state index is 0.161. The van der Waals surface area contributed by atoms with Gasteiger partial charge in [-0.05, 0) is 6.07 Å². The van der Waals surface area contributed by atoms with Gasteiger partial charge in [0.1, 0.15) is 0 Å². The summed E-state index contributed by atoms with van der Waals surface area (Å²) in [5.74, 6) is 0. The molecule has 0 bridgehead atoms. The van der Waals surface area contributed by atoms with E-state index in [4.69, 9.17) is 4.98 Å². The third kappa shape index (κ3) is 2.18. The first kappa shape index (κ1) is 17.4. The predicted molar refractivity (Wildman–Crippen MR) is 121 cm³/mol. The lowest BCUT2D eigenvalue weighted by atomic mass is 9.97. The number of hydrogen-bond donors (Lipinski definition) is 0. The zero-order valence-corrected chi connectivity index (χ0v) is 16.0. The Kier molecular flexibility index (Phi) is 3.38. The molecular weight excluding hydrogens is 392 g/mol. The first-order chi connectivity index (χ1) is 15.1. The molecule has 0 aliphatic carbocycles. The quantitative estimate of drug-likeness (QED) is 0.303. The van der Waals surface area contributed by atoms with E-state index >= 15 is 0 Å². The summed E-state index contributed by atoms with van der Waals surface area (Å²) in [5, 5.41) is 14.6. The molecule has 0 amide bonds. The Morgan fingerprint density at radius 1 is 0.645 bits per heavy atom. The number of benzene rings is 3. The Morgan fingerprint density at radius 3 is 1.61 bits per heavy atom. The highest BCUT2D eigenvalue weighted by Crippen LogP contribution is 2.41. The number of aromatic nitrogens is 1. The molecule has 1 aromatic heterocycles. The highest BCUT2D eigenvalue weighted by atomic mass is 16.6. The van der Waals surface area contributed by atoms with Gasteiger partial charge >= 0.3 is 0 Å². The number of nitro benzene ring substituents is 1. The van der Waals surface area contributed by atoms with E-state index in [2.05, 4.69) is 0 Å². The van der Waals surface area contributed by atoms with Gasteiger partial charge in [-0.25, -0.2) is 4.98 Å². The summed E-state index contributed by atoms with van der Waals surface area (Å²) >= 11 is 0. The van der Waals surface area contributed by atoms with Crippen molar-refractivity contribution in [2.24, 2.45) is 0 Å². The van der Waals surface area contributed by atoms with E-state index in [-0.39, 0.29) is 38.4 Å². The van der Waals surface area contributed by atoms with Gasteiger partial charge in [-0.15, -0.1) is 0 Å². The van der Waals surface area contributed by atoms with Crippen molar-refractivity contribution >= 4 is 49.0 Å². The van der Waals surface area contributed by atoms with Crippen molar-refractivity contribution in [1.29, 1.82) is 0 Å². The predicted octanol–water partition coefficient (Wildman–Crippen LogP) is 4.87. The lowest BCUT2D eigenvalue weighted by Gasteiger charge is -2.07. The van der Waals surface area contributed by atoms with E-state index < -0.39 is 4.92 Å². The van der Waals surface area contributed by atoms with Crippen molar-refractivity contribution in [2.75, 3.05) is 0 Å². The van der Waals surface area contributed by atoms with E-state index in [9.17, 15) is 19.7 Å². The second kappa shape index (κ2) is 6.03. The molecule has 0 aliphatic rings. The van der Waals surface area contributed by atoms with Crippen LogP contribution >= 0.6 is 0 Å². The summed E-state index contributed by atoms with van der Waals surface area (Å²) in [6, 6.07) is 20.4. The van der Waals surface area contributed by atoms with Gasteiger partial charge in [-0.3, -0.25) is 19.7 Å². The highest BCUT2D eigenvalue weighted by Gasteiger charge is 2.27. The van der Waals surface area contributed by atoms with Crippen molar-refractivity contribution < 1.29 is 4.92 Å². The lowest BCUT2D eigenvalue weighted by Crippen LogP contribution is -2.03. The average Bonchev–Trinajstić information content (AvgIpc) is 3.25. The Hall–Kier alpha value is -4.45. The van der Waals surface area contributed by atoms with Crippen molar-refractivity contribution in [1.82, 2.24) is 4.98 Å². The first-order valence-corrected chi connectivity index (χ1v) is 9.68. The molecule has 0 N–H and O–H groups in total. The molecule has 1 heterocycles. The Balaban J connectivity index is 2.00. The van der Waals surface area contributed by atoms with Crippen LogP contribution in [0.5, 0.6) is 0 Å². The van der Waals surface area contributed by atoms with Crippen LogP contribution in [-0.4, -0.2) is 9.91 Å². The normalized spacial score (nSPS) is 11.7. The third-order valence-electron chi connectivity index (χ3n) is 5.88. The zero-order valence-electron chi connectivity index (χ0n) is 16.0. The molecule has 0 aliphatic heterocycles. The fourth-order valence-electron chi connectivity index (χ4n) is 4.58. The van der Waals surface area contributed by atoms with E-state index in [0.29, 0.717) is 32.6 Å². The Bertz CT molecular complexity index is 1710. The van der Waals surface area contributed by atoms with Crippen molar-refractivity contribution in [2.45, 2.75) is 0 Å². The number of nitro groups is 1. The number of hydrogen-bond acceptors (Lipinski definition) is 5. The minimum atomic E-state index is -0.492. The summed E-state index contributed by atoms with van der Waals surface area (Å²) in [5.41, 5.74) is 0.717. The number of rotatable bonds is 2. The van der Waals surface area contributed by atoms with E-state index in [1.807, 2.05) is 24.3 Å². The van der Waals surface area contributed by atoms with Crippen molar-refractivity contribution in [3.05, 3.63) is 103 Å². The Morgan fingerprint density at radius 2 is 1.10 bits per heavy atom. The average molecular weight is 404 g/mol. The second-order valence-electron chi connectivity index (χ2n) is 7.46. The molecule has 6 nitrogen and oxygen atoms in total. The van der Waals surface area contributed by atoms with Crippen LogP contribution in [0.4, 0.5) is 5.69 Å². The molecule has 6 aromatic rings. The molecule has 0 saturated carbocycles. The van der Waals surface area contributed by atoms with Gasteiger partial charge in [-0.2, -0.15) is 0 Å². The van der Waals surface area contributed by atoms with E-state index in [0.717, 1.165) is 0 Å². The zero-order chi connectivity index (χ0) is 21.3. The van der Waals surface area contributed by atoms with Crippen LogP contribution in [-0.2, 0) is 0 Å². The molecule has 6 rings (SSSR count). The van der Waals surface area contributed by atoms with Crippen LogP contribution in [0.1, 0.15) is 0 Å². The monoisotopic (exact) mass is 404 g/mol. The molecule has 0 radical (unpaired) electrons. The number of para-hydroxylation sites is 1. The van der Waals surface area contributed by atoms with Gasteiger partial charge in [0.2, 0.25) is 0 Å². The molecule has 31 heavy (non-hydrogen) atoms. The molecule has 0 spiro atoms.